The Bertz CT molecular complexity index is 436. The molecule has 0 aromatic rings. The number of likely N-dealkylation sites (tertiary alicyclic amines) is 2. The monoisotopic (exact) mass is 391 g/mol. The first-order valence-corrected chi connectivity index (χ1v) is 10.0. The second-order valence-corrected chi connectivity index (χ2v) is 8.35. The zero-order valence-corrected chi connectivity index (χ0v) is 17.0. The van der Waals surface area contributed by atoms with E-state index in [2.05, 4.69) is 15.1 Å². The Morgan fingerprint density at radius 3 is 2.32 bits per heavy atom. The van der Waals surface area contributed by atoms with Crippen LogP contribution in [0.5, 0.6) is 0 Å². The highest BCUT2D eigenvalue weighted by molar-refractivity contribution is 5.85. The van der Waals surface area contributed by atoms with E-state index in [1.807, 2.05) is 0 Å². The first-order valence-electron chi connectivity index (χ1n) is 10.0. The van der Waals surface area contributed by atoms with E-state index in [-0.39, 0.29) is 30.2 Å². The number of nitrogens with one attached hydrogen (secondary N) is 1. The number of hydrogen-bond donors (Lipinski definition) is 1. The summed E-state index contributed by atoms with van der Waals surface area (Å²) in [6.07, 6.45) is 11.5. The van der Waals surface area contributed by atoms with Crippen LogP contribution in [0.2, 0.25) is 0 Å². The number of nitrogens with zero attached hydrogens (tertiary/aromatic N) is 2. The summed E-state index contributed by atoms with van der Waals surface area (Å²) in [5.41, 5.74) is -0.0454. The summed E-state index contributed by atoms with van der Waals surface area (Å²) in [6.45, 7) is 6.56. The lowest BCUT2D eigenvalue weighted by Gasteiger charge is -2.45. The minimum atomic E-state index is -0.0454. The highest BCUT2D eigenvalue weighted by Crippen LogP contribution is 2.45. The van der Waals surface area contributed by atoms with Crippen LogP contribution in [-0.4, -0.2) is 61.0 Å². The van der Waals surface area contributed by atoms with Gasteiger partial charge in [0.1, 0.15) is 0 Å². The van der Waals surface area contributed by atoms with Gasteiger partial charge in [-0.25, -0.2) is 0 Å². The fourth-order valence-electron chi connectivity index (χ4n) is 5.70. The van der Waals surface area contributed by atoms with Crippen LogP contribution in [0.15, 0.2) is 0 Å². The van der Waals surface area contributed by atoms with Crippen molar-refractivity contribution in [3.63, 3.8) is 0 Å². The number of halogens is 2. The summed E-state index contributed by atoms with van der Waals surface area (Å²) in [4.78, 5) is 18.2. The topological polar surface area (TPSA) is 35.6 Å². The SMILES string of the molecule is Cl.Cl.O=C(N1CCC(N2CCCCC2)CC1)[C@@]12CCCC[C@H]1CNC2. The first kappa shape index (κ1) is 21.3. The summed E-state index contributed by atoms with van der Waals surface area (Å²) < 4.78 is 0. The molecular formula is C19H35Cl2N3O. The van der Waals surface area contributed by atoms with Crippen molar-refractivity contribution in [2.45, 2.75) is 63.8 Å². The van der Waals surface area contributed by atoms with Gasteiger partial charge >= 0.3 is 0 Å². The van der Waals surface area contributed by atoms with E-state index in [1.165, 1.54) is 64.5 Å². The molecule has 1 aliphatic carbocycles. The van der Waals surface area contributed by atoms with Gasteiger partial charge in [0.25, 0.3) is 0 Å². The Morgan fingerprint density at radius 2 is 1.60 bits per heavy atom. The summed E-state index contributed by atoms with van der Waals surface area (Å²) in [6, 6.07) is 0.737. The molecule has 4 nitrogen and oxygen atoms in total. The highest BCUT2D eigenvalue weighted by Gasteiger charge is 2.51. The Hall–Kier alpha value is -0.0300. The van der Waals surface area contributed by atoms with E-state index < -0.39 is 0 Å². The smallest absolute Gasteiger partial charge is 0.230 e. The second-order valence-electron chi connectivity index (χ2n) is 8.35. The van der Waals surface area contributed by atoms with E-state index in [1.54, 1.807) is 0 Å². The normalized spacial score (nSPS) is 33.9. The van der Waals surface area contributed by atoms with Gasteiger partial charge in [-0.2, -0.15) is 0 Å². The molecule has 3 heterocycles. The van der Waals surface area contributed by atoms with Crippen molar-refractivity contribution in [3.8, 4) is 0 Å². The van der Waals surface area contributed by atoms with Crippen LogP contribution in [0, 0.1) is 11.3 Å². The molecule has 0 unspecified atom stereocenters. The van der Waals surface area contributed by atoms with Crippen molar-refractivity contribution < 1.29 is 4.79 Å². The van der Waals surface area contributed by atoms with E-state index in [9.17, 15) is 4.79 Å². The lowest BCUT2D eigenvalue weighted by Crippen LogP contribution is -2.54. The van der Waals surface area contributed by atoms with Crippen LogP contribution in [0.4, 0.5) is 0 Å². The zero-order valence-electron chi connectivity index (χ0n) is 15.4. The maximum Gasteiger partial charge on any atom is 0.230 e. The molecule has 3 aliphatic heterocycles. The molecule has 4 aliphatic rings. The first-order chi connectivity index (χ1) is 11.3. The van der Waals surface area contributed by atoms with Crippen molar-refractivity contribution in [1.82, 2.24) is 15.1 Å². The quantitative estimate of drug-likeness (QED) is 0.785. The third kappa shape index (κ3) is 4.12. The highest BCUT2D eigenvalue weighted by atomic mass is 35.5. The van der Waals surface area contributed by atoms with Gasteiger partial charge in [0.05, 0.1) is 5.41 Å². The number of hydrogen-bond acceptors (Lipinski definition) is 3. The fraction of sp³-hybridized carbons (Fsp3) is 0.947. The molecule has 0 radical (unpaired) electrons. The van der Waals surface area contributed by atoms with Crippen LogP contribution in [-0.2, 0) is 4.79 Å². The zero-order chi connectivity index (χ0) is 15.7. The van der Waals surface area contributed by atoms with Gasteiger partial charge < -0.3 is 15.1 Å². The van der Waals surface area contributed by atoms with Gasteiger partial charge in [-0.15, -0.1) is 24.8 Å². The Balaban J connectivity index is 0.00000113. The molecule has 6 heteroatoms. The molecule has 2 atom stereocenters. The summed E-state index contributed by atoms with van der Waals surface area (Å²) >= 11 is 0. The fourth-order valence-corrected chi connectivity index (χ4v) is 5.70. The Labute approximate surface area is 165 Å². The average molecular weight is 392 g/mol. The van der Waals surface area contributed by atoms with Crippen molar-refractivity contribution in [1.29, 1.82) is 0 Å². The molecule has 0 aromatic carbocycles. The molecule has 25 heavy (non-hydrogen) atoms. The van der Waals surface area contributed by atoms with Crippen molar-refractivity contribution in [2.75, 3.05) is 39.3 Å². The van der Waals surface area contributed by atoms with Crippen LogP contribution >= 0.6 is 24.8 Å². The molecule has 1 amide bonds. The van der Waals surface area contributed by atoms with Crippen molar-refractivity contribution >= 4 is 30.7 Å². The van der Waals surface area contributed by atoms with Gasteiger partial charge in [-0.3, -0.25) is 4.79 Å². The standard InChI is InChI=1S/C19H33N3O.2ClH/c23-18(19-9-3-2-6-16(19)14-20-15-19)22-12-7-17(8-13-22)21-10-4-1-5-11-21;;/h16-17,20H,1-15H2;2*1H/t16-,19+;;/m0../s1. The molecule has 0 bridgehead atoms. The van der Waals surface area contributed by atoms with Crippen molar-refractivity contribution in [2.24, 2.45) is 11.3 Å². The maximum absolute atomic E-state index is 13.3. The molecule has 0 spiro atoms. The van der Waals surface area contributed by atoms with Gasteiger partial charge in [0, 0.05) is 25.7 Å². The third-order valence-corrected chi connectivity index (χ3v) is 7.12. The molecule has 0 aromatic heterocycles. The maximum atomic E-state index is 13.3. The van der Waals surface area contributed by atoms with Crippen molar-refractivity contribution in [3.05, 3.63) is 0 Å². The van der Waals surface area contributed by atoms with Gasteiger partial charge in [-0.1, -0.05) is 19.3 Å². The minimum Gasteiger partial charge on any atom is -0.342 e. The van der Waals surface area contributed by atoms with Crippen LogP contribution in [0.25, 0.3) is 0 Å². The van der Waals surface area contributed by atoms with Gasteiger partial charge in [-0.05, 0) is 64.1 Å². The molecular weight excluding hydrogens is 357 g/mol. The third-order valence-electron chi connectivity index (χ3n) is 7.12. The number of carbonyl (C=O) groups is 1. The van der Waals surface area contributed by atoms with E-state index in [0.29, 0.717) is 11.8 Å². The number of fused-ring (bicyclic) bond motifs is 1. The summed E-state index contributed by atoms with van der Waals surface area (Å²) in [7, 11) is 0. The van der Waals surface area contributed by atoms with E-state index in [0.717, 1.165) is 38.6 Å². The Morgan fingerprint density at radius 1 is 0.880 bits per heavy atom. The van der Waals surface area contributed by atoms with E-state index >= 15 is 0 Å². The summed E-state index contributed by atoms with van der Waals surface area (Å²) in [5.74, 6) is 1.09. The molecule has 4 rings (SSSR count). The average Bonchev–Trinajstić information content (AvgIpc) is 3.07. The molecule has 1 N–H and O–H groups in total. The van der Waals surface area contributed by atoms with Gasteiger partial charge in [0.15, 0.2) is 0 Å². The largest absolute Gasteiger partial charge is 0.342 e. The number of rotatable bonds is 2. The summed E-state index contributed by atoms with van der Waals surface area (Å²) in [5, 5.41) is 3.53. The molecule has 3 saturated heterocycles. The van der Waals surface area contributed by atoms with Crippen LogP contribution in [0.3, 0.4) is 0 Å². The number of carbonyl (C=O) groups excluding carboxylic acids is 1. The second kappa shape index (κ2) is 9.25. The minimum absolute atomic E-state index is 0. The predicted octanol–water partition coefficient (Wildman–Crippen LogP) is 3.09. The molecule has 146 valence electrons. The molecule has 1 saturated carbocycles. The van der Waals surface area contributed by atoms with Crippen LogP contribution in [0.1, 0.15) is 57.8 Å². The Kier molecular flexibility index (Phi) is 7.87. The number of piperidine rings is 2. The van der Waals surface area contributed by atoms with Gasteiger partial charge in [0.2, 0.25) is 5.91 Å². The van der Waals surface area contributed by atoms with E-state index in [4.69, 9.17) is 0 Å². The lowest BCUT2D eigenvalue weighted by molar-refractivity contribution is -0.147. The lowest BCUT2D eigenvalue weighted by atomic mass is 9.67. The number of amides is 1. The van der Waals surface area contributed by atoms with Crippen LogP contribution < -0.4 is 5.32 Å². The molecule has 4 fully saturated rings. The predicted molar refractivity (Wildman–Crippen MR) is 107 cm³/mol.